The van der Waals surface area contributed by atoms with Gasteiger partial charge in [0.15, 0.2) is 0 Å². The molecule has 1 atom stereocenters. The molecular weight excluding hydrogens is 208 g/mol. The topological polar surface area (TPSA) is 17.1 Å². The van der Waals surface area contributed by atoms with E-state index < -0.39 is 0 Å². The Hall–Kier alpha value is -1.11. The standard InChI is InChI=1S/C16H22O/c1-2-6-15(17)12-11-14-9-5-8-13-7-3-4-10-16(13)14/h3-4,7,10,14H,2,5-6,8-9,11-12H2,1H3. The highest BCUT2D eigenvalue weighted by molar-refractivity contribution is 5.78. The van der Waals surface area contributed by atoms with Crippen molar-refractivity contribution in [3.8, 4) is 0 Å². The molecule has 92 valence electrons. The maximum Gasteiger partial charge on any atom is 0.132 e. The molecule has 0 saturated heterocycles. The fourth-order valence-corrected chi connectivity index (χ4v) is 2.89. The minimum Gasteiger partial charge on any atom is -0.300 e. The van der Waals surface area contributed by atoms with E-state index >= 15 is 0 Å². The third-order valence-corrected chi connectivity index (χ3v) is 3.79. The van der Waals surface area contributed by atoms with E-state index in [4.69, 9.17) is 0 Å². The minimum atomic E-state index is 0.440. The van der Waals surface area contributed by atoms with Gasteiger partial charge < -0.3 is 0 Å². The van der Waals surface area contributed by atoms with Gasteiger partial charge in [-0.15, -0.1) is 0 Å². The summed E-state index contributed by atoms with van der Waals surface area (Å²) in [6, 6.07) is 8.76. The first-order valence-electron chi connectivity index (χ1n) is 6.90. The van der Waals surface area contributed by atoms with Crippen LogP contribution in [0.3, 0.4) is 0 Å². The lowest BCUT2D eigenvalue weighted by Gasteiger charge is -2.25. The van der Waals surface area contributed by atoms with E-state index in [-0.39, 0.29) is 0 Å². The molecule has 17 heavy (non-hydrogen) atoms. The van der Waals surface area contributed by atoms with Gasteiger partial charge in [0.2, 0.25) is 0 Å². The highest BCUT2D eigenvalue weighted by Gasteiger charge is 2.19. The van der Waals surface area contributed by atoms with Crippen molar-refractivity contribution in [1.29, 1.82) is 0 Å². The molecule has 0 heterocycles. The van der Waals surface area contributed by atoms with Crippen LogP contribution >= 0.6 is 0 Å². The Labute approximate surface area is 104 Å². The van der Waals surface area contributed by atoms with E-state index in [0.29, 0.717) is 11.7 Å². The molecule has 0 N–H and O–H groups in total. The van der Waals surface area contributed by atoms with Crippen LogP contribution in [0, 0.1) is 0 Å². The summed E-state index contributed by atoms with van der Waals surface area (Å²) in [4.78, 5) is 11.6. The van der Waals surface area contributed by atoms with Crippen LogP contribution in [0.5, 0.6) is 0 Å². The van der Waals surface area contributed by atoms with Gasteiger partial charge in [0, 0.05) is 12.8 Å². The summed E-state index contributed by atoms with van der Waals surface area (Å²) >= 11 is 0. The number of hydrogen-bond donors (Lipinski definition) is 0. The zero-order valence-electron chi connectivity index (χ0n) is 10.7. The van der Waals surface area contributed by atoms with Crippen LogP contribution in [0.1, 0.15) is 62.5 Å². The van der Waals surface area contributed by atoms with E-state index in [1.165, 1.54) is 30.4 Å². The number of hydrogen-bond acceptors (Lipinski definition) is 1. The smallest absolute Gasteiger partial charge is 0.132 e. The zero-order chi connectivity index (χ0) is 12.1. The van der Waals surface area contributed by atoms with Gasteiger partial charge in [-0.1, -0.05) is 31.2 Å². The summed E-state index contributed by atoms with van der Waals surface area (Å²) in [5.74, 6) is 1.07. The first-order chi connectivity index (χ1) is 8.31. The Balaban J connectivity index is 1.97. The van der Waals surface area contributed by atoms with Crippen LogP contribution in [-0.4, -0.2) is 5.78 Å². The molecule has 0 aromatic heterocycles. The van der Waals surface area contributed by atoms with Crippen molar-refractivity contribution in [2.75, 3.05) is 0 Å². The number of benzene rings is 1. The fourth-order valence-electron chi connectivity index (χ4n) is 2.89. The molecule has 0 bridgehead atoms. The lowest BCUT2D eigenvalue weighted by Crippen LogP contribution is -2.11. The third kappa shape index (κ3) is 3.18. The van der Waals surface area contributed by atoms with Crippen LogP contribution in [0.25, 0.3) is 0 Å². The Bertz CT molecular complexity index is 381. The van der Waals surface area contributed by atoms with Crippen molar-refractivity contribution < 1.29 is 4.79 Å². The van der Waals surface area contributed by atoms with Crippen molar-refractivity contribution in [1.82, 2.24) is 0 Å². The maximum absolute atomic E-state index is 11.6. The predicted molar refractivity (Wildman–Crippen MR) is 71.3 cm³/mol. The molecule has 1 aromatic carbocycles. The van der Waals surface area contributed by atoms with E-state index in [2.05, 4.69) is 31.2 Å². The molecule has 2 rings (SSSR count). The highest BCUT2D eigenvalue weighted by atomic mass is 16.1. The molecule has 1 aliphatic rings. The summed E-state index contributed by atoms with van der Waals surface area (Å²) in [5.41, 5.74) is 3.01. The number of Topliss-reactive ketones (excluding diaryl/α,β-unsaturated/α-hetero) is 1. The van der Waals surface area contributed by atoms with Crippen LogP contribution in [-0.2, 0) is 11.2 Å². The number of carbonyl (C=O) groups excluding carboxylic acids is 1. The Kier molecular flexibility index (Phi) is 4.36. The zero-order valence-corrected chi connectivity index (χ0v) is 10.7. The van der Waals surface area contributed by atoms with Gasteiger partial charge in [-0.25, -0.2) is 0 Å². The van der Waals surface area contributed by atoms with Gasteiger partial charge in [-0.2, -0.15) is 0 Å². The number of rotatable bonds is 5. The van der Waals surface area contributed by atoms with Crippen molar-refractivity contribution in [3.05, 3.63) is 35.4 Å². The Morgan fingerprint density at radius 2 is 2.12 bits per heavy atom. The van der Waals surface area contributed by atoms with E-state index in [1.807, 2.05) is 0 Å². The molecule has 1 unspecified atom stereocenters. The molecule has 0 radical (unpaired) electrons. The minimum absolute atomic E-state index is 0.440. The molecule has 0 amide bonds. The predicted octanol–water partition coefficient (Wildman–Crippen LogP) is 4.26. The third-order valence-electron chi connectivity index (χ3n) is 3.79. The summed E-state index contributed by atoms with van der Waals surface area (Å²) in [5, 5.41) is 0. The van der Waals surface area contributed by atoms with Gasteiger partial charge in [-0.05, 0) is 49.1 Å². The molecular formula is C16H22O. The molecule has 0 saturated carbocycles. The second-order valence-corrected chi connectivity index (χ2v) is 5.12. The maximum atomic E-state index is 11.6. The summed E-state index contributed by atoms with van der Waals surface area (Å²) < 4.78 is 0. The van der Waals surface area contributed by atoms with Crippen LogP contribution < -0.4 is 0 Å². The van der Waals surface area contributed by atoms with Gasteiger partial charge in [0.05, 0.1) is 0 Å². The fraction of sp³-hybridized carbons (Fsp3) is 0.562. The Morgan fingerprint density at radius 1 is 1.29 bits per heavy atom. The molecule has 1 aliphatic carbocycles. The number of ketones is 1. The van der Waals surface area contributed by atoms with Crippen molar-refractivity contribution in [2.45, 2.75) is 57.8 Å². The van der Waals surface area contributed by atoms with Crippen molar-refractivity contribution in [2.24, 2.45) is 0 Å². The van der Waals surface area contributed by atoms with E-state index in [0.717, 1.165) is 25.7 Å². The SMILES string of the molecule is CCCC(=O)CCC1CCCc2ccccc21. The molecule has 1 heteroatoms. The number of fused-ring (bicyclic) bond motifs is 1. The quantitative estimate of drug-likeness (QED) is 0.738. The molecule has 1 nitrogen and oxygen atoms in total. The highest BCUT2D eigenvalue weighted by Crippen LogP contribution is 2.34. The van der Waals surface area contributed by atoms with Gasteiger partial charge >= 0.3 is 0 Å². The second-order valence-electron chi connectivity index (χ2n) is 5.12. The first-order valence-corrected chi connectivity index (χ1v) is 6.90. The Morgan fingerprint density at radius 3 is 2.94 bits per heavy atom. The van der Waals surface area contributed by atoms with Gasteiger partial charge in [0.25, 0.3) is 0 Å². The van der Waals surface area contributed by atoms with Gasteiger partial charge in [-0.3, -0.25) is 4.79 Å². The normalized spacial score (nSPS) is 18.8. The van der Waals surface area contributed by atoms with Gasteiger partial charge in [0.1, 0.15) is 5.78 Å². The molecule has 1 aromatic rings. The lowest BCUT2D eigenvalue weighted by molar-refractivity contribution is -0.119. The lowest BCUT2D eigenvalue weighted by atomic mass is 9.80. The van der Waals surface area contributed by atoms with E-state index in [9.17, 15) is 4.79 Å². The van der Waals surface area contributed by atoms with Crippen molar-refractivity contribution in [3.63, 3.8) is 0 Å². The largest absolute Gasteiger partial charge is 0.300 e. The van der Waals surface area contributed by atoms with Crippen LogP contribution in [0.4, 0.5) is 0 Å². The average Bonchev–Trinajstić information content (AvgIpc) is 2.36. The van der Waals surface area contributed by atoms with E-state index in [1.54, 1.807) is 0 Å². The van der Waals surface area contributed by atoms with Crippen LogP contribution in [0.15, 0.2) is 24.3 Å². The monoisotopic (exact) mass is 230 g/mol. The molecule has 0 aliphatic heterocycles. The number of aryl methyl sites for hydroxylation is 1. The average molecular weight is 230 g/mol. The van der Waals surface area contributed by atoms with Crippen molar-refractivity contribution >= 4 is 5.78 Å². The second kappa shape index (κ2) is 6.00. The number of carbonyl (C=O) groups is 1. The van der Waals surface area contributed by atoms with Crippen LogP contribution in [0.2, 0.25) is 0 Å². The summed E-state index contributed by atoms with van der Waals surface area (Å²) in [6.45, 7) is 2.08. The molecule has 0 spiro atoms. The molecule has 0 fully saturated rings. The summed E-state index contributed by atoms with van der Waals surface area (Å²) in [7, 11) is 0. The first kappa shape index (κ1) is 12.3. The summed E-state index contributed by atoms with van der Waals surface area (Å²) in [6.07, 6.45) is 7.33.